The van der Waals surface area contributed by atoms with Crippen LogP contribution >= 0.6 is 0 Å². The number of phenols is 2. The summed E-state index contributed by atoms with van der Waals surface area (Å²) in [6, 6.07) is 11.8. The molecule has 2 aromatic carbocycles. The minimum atomic E-state index is -0.227. The predicted molar refractivity (Wildman–Crippen MR) is 120 cm³/mol. The zero-order valence-electron chi connectivity index (χ0n) is 18.2. The van der Waals surface area contributed by atoms with Crippen molar-refractivity contribution < 1.29 is 36.7 Å². The Hall–Kier alpha value is -3.71. The summed E-state index contributed by atoms with van der Waals surface area (Å²) in [5, 5.41) is 20.3. The second-order valence-corrected chi connectivity index (χ2v) is 6.85. The van der Waals surface area contributed by atoms with E-state index in [0.717, 1.165) is 0 Å². The standard InChI is InChI=1S/C24H24N2O5.ClH/c1-25-16(11-13-18-20(27)7-5-9-22(18)30-3)15-17(26(2)24(25)29)12-14-19-21(28)8-6-10-23(19)31-4;/h5-15H,1-4H3,(H,27,28);1H. The van der Waals surface area contributed by atoms with Gasteiger partial charge < -0.3 is 32.1 Å². The van der Waals surface area contributed by atoms with E-state index in [1.54, 1.807) is 74.8 Å². The Kier molecular flexibility index (Phi) is 8.09. The van der Waals surface area contributed by atoms with Crippen LogP contribution in [0.3, 0.4) is 0 Å². The molecule has 32 heavy (non-hydrogen) atoms. The Balaban J connectivity index is 0.00000363. The van der Waals surface area contributed by atoms with Gasteiger partial charge in [-0.2, -0.15) is 13.9 Å². The molecule has 0 amide bonds. The molecule has 0 aliphatic carbocycles. The molecule has 7 nitrogen and oxygen atoms in total. The molecule has 0 aliphatic rings. The Morgan fingerprint density at radius 3 is 1.88 bits per heavy atom. The number of aromatic nitrogens is 2. The molecule has 0 fully saturated rings. The number of halogens is 1. The molecule has 8 heteroatoms. The van der Waals surface area contributed by atoms with Crippen LogP contribution in [0.4, 0.5) is 0 Å². The van der Waals surface area contributed by atoms with E-state index in [-0.39, 0.29) is 29.6 Å². The predicted octanol–water partition coefficient (Wildman–Crippen LogP) is -0.0170. The smallest absolute Gasteiger partial charge is 0.498 e. The van der Waals surface area contributed by atoms with Gasteiger partial charge in [-0.3, -0.25) is 0 Å². The topological polar surface area (TPSA) is 84.8 Å². The van der Waals surface area contributed by atoms with Crippen molar-refractivity contribution in [3.63, 3.8) is 0 Å². The number of phenolic OH excluding ortho intramolecular Hbond substituents is 2. The van der Waals surface area contributed by atoms with E-state index in [2.05, 4.69) is 0 Å². The van der Waals surface area contributed by atoms with Crippen LogP contribution in [0.15, 0.2) is 47.3 Å². The van der Waals surface area contributed by atoms with Crippen molar-refractivity contribution in [3.8, 4) is 23.0 Å². The van der Waals surface area contributed by atoms with E-state index in [0.29, 0.717) is 34.0 Å². The van der Waals surface area contributed by atoms with E-state index in [1.165, 1.54) is 23.4 Å². The zero-order valence-corrected chi connectivity index (χ0v) is 19.0. The van der Waals surface area contributed by atoms with E-state index in [1.807, 2.05) is 6.07 Å². The van der Waals surface area contributed by atoms with Crippen molar-refractivity contribution in [2.75, 3.05) is 14.2 Å². The average Bonchev–Trinajstić information content (AvgIpc) is 2.77. The summed E-state index contributed by atoms with van der Waals surface area (Å²) in [6.45, 7) is 0. The van der Waals surface area contributed by atoms with Gasteiger partial charge in [-0.25, -0.2) is 0 Å². The number of methoxy groups -OCH3 is 2. The van der Waals surface area contributed by atoms with Crippen LogP contribution in [0, 0.1) is 0 Å². The summed E-state index contributed by atoms with van der Waals surface area (Å²) in [5.74, 6) is 1.20. The summed E-state index contributed by atoms with van der Waals surface area (Å²) < 4.78 is 13.6. The van der Waals surface area contributed by atoms with Crippen molar-refractivity contribution in [3.05, 3.63) is 75.5 Å². The Morgan fingerprint density at radius 1 is 0.875 bits per heavy atom. The van der Waals surface area contributed by atoms with Gasteiger partial charge in [0.1, 0.15) is 34.4 Å². The van der Waals surface area contributed by atoms with Gasteiger partial charge in [0.05, 0.1) is 39.4 Å². The van der Waals surface area contributed by atoms with Gasteiger partial charge in [0.15, 0.2) is 0 Å². The van der Waals surface area contributed by atoms with Gasteiger partial charge in [-0.1, -0.05) is 12.1 Å². The highest BCUT2D eigenvalue weighted by Gasteiger charge is 2.14. The normalized spacial score (nSPS) is 11.0. The van der Waals surface area contributed by atoms with Gasteiger partial charge >= 0.3 is 5.69 Å². The SMILES string of the molecule is COc1cccc(O)c1/C=C/c1cc(/C=C/c2c(O)cccc2OC)[n+](C)c(=O)n1C.[Cl-]. The molecular weight excluding hydrogens is 432 g/mol. The molecule has 2 N–H and O–H groups in total. The fraction of sp³-hybridized carbons (Fsp3) is 0.167. The number of hydrogen-bond acceptors (Lipinski definition) is 5. The molecule has 0 atom stereocenters. The number of benzene rings is 2. The van der Waals surface area contributed by atoms with Crippen molar-refractivity contribution in [2.24, 2.45) is 14.1 Å². The monoisotopic (exact) mass is 456 g/mol. The lowest BCUT2D eigenvalue weighted by Gasteiger charge is -2.07. The maximum Gasteiger partial charge on any atom is 0.498 e. The summed E-state index contributed by atoms with van der Waals surface area (Å²) >= 11 is 0. The van der Waals surface area contributed by atoms with Gasteiger partial charge in [-0.15, -0.1) is 0 Å². The lowest BCUT2D eigenvalue weighted by Crippen LogP contribution is -3.00. The molecule has 0 aliphatic heterocycles. The second-order valence-electron chi connectivity index (χ2n) is 6.85. The minimum Gasteiger partial charge on any atom is -1.00 e. The fourth-order valence-corrected chi connectivity index (χ4v) is 3.20. The third-order valence-corrected chi connectivity index (χ3v) is 5.01. The second kappa shape index (κ2) is 10.5. The minimum absolute atomic E-state index is 0. The number of aromatic hydroxyl groups is 2. The van der Waals surface area contributed by atoms with Crippen LogP contribution in [0.2, 0.25) is 0 Å². The van der Waals surface area contributed by atoms with Gasteiger partial charge in [0, 0.05) is 6.07 Å². The molecule has 1 heterocycles. The molecule has 3 aromatic rings. The molecule has 0 bridgehead atoms. The summed E-state index contributed by atoms with van der Waals surface area (Å²) in [7, 11) is 6.40. The first-order valence-electron chi connectivity index (χ1n) is 9.55. The van der Waals surface area contributed by atoms with E-state index in [4.69, 9.17) is 9.47 Å². The molecule has 0 saturated heterocycles. The van der Waals surface area contributed by atoms with Crippen LogP contribution in [0.25, 0.3) is 24.3 Å². The highest BCUT2D eigenvalue weighted by atomic mass is 35.5. The zero-order chi connectivity index (χ0) is 22.5. The maximum atomic E-state index is 12.7. The van der Waals surface area contributed by atoms with Crippen molar-refractivity contribution in [1.29, 1.82) is 0 Å². The van der Waals surface area contributed by atoms with Crippen LogP contribution < -0.4 is 32.1 Å². The molecule has 1 aromatic heterocycles. The van der Waals surface area contributed by atoms with Gasteiger partial charge in [0.2, 0.25) is 0 Å². The van der Waals surface area contributed by atoms with Crippen molar-refractivity contribution in [2.45, 2.75) is 0 Å². The first-order valence-corrected chi connectivity index (χ1v) is 9.55. The average molecular weight is 457 g/mol. The number of hydrogen-bond donors (Lipinski definition) is 2. The molecule has 168 valence electrons. The highest BCUT2D eigenvalue weighted by molar-refractivity contribution is 5.77. The summed E-state index contributed by atoms with van der Waals surface area (Å²) in [5.41, 5.74) is 2.05. The van der Waals surface area contributed by atoms with Crippen LogP contribution in [-0.4, -0.2) is 29.0 Å². The molecule has 0 radical (unpaired) electrons. The number of ether oxygens (including phenoxy) is 2. The number of nitrogens with zero attached hydrogens (tertiary/aromatic N) is 2. The summed E-state index contributed by atoms with van der Waals surface area (Å²) in [4.78, 5) is 12.7. The largest absolute Gasteiger partial charge is 1.00 e. The number of rotatable bonds is 6. The Labute approximate surface area is 192 Å². The molecular formula is C24H25ClN2O5. The molecule has 0 spiro atoms. The lowest BCUT2D eigenvalue weighted by atomic mass is 10.1. The fourth-order valence-electron chi connectivity index (χ4n) is 3.20. The quantitative estimate of drug-likeness (QED) is 0.509. The van der Waals surface area contributed by atoms with Crippen molar-refractivity contribution in [1.82, 2.24) is 4.57 Å². The van der Waals surface area contributed by atoms with Crippen LogP contribution in [0.5, 0.6) is 23.0 Å². The van der Waals surface area contributed by atoms with Gasteiger partial charge in [0.25, 0.3) is 0 Å². The first kappa shape index (κ1) is 24.6. The van der Waals surface area contributed by atoms with E-state index < -0.39 is 0 Å². The maximum absolute atomic E-state index is 12.7. The van der Waals surface area contributed by atoms with Crippen LogP contribution in [0.1, 0.15) is 22.5 Å². The highest BCUT2D eigenvalue weighted by Crippen LogP contribution is 2.30. The molecule has 0 unspecified atom stereocenters. The third kappa shape index (κ3) is 4.95. The first-order chi connectivity index (χ1) is 14.9. The van der Waals surface area contributed by atoms with Gasteiger partial charge in [-0.05, 0) is 48.6 Å². The van der Waals surface area contributed by atoms with E-state index >= 15 is 0 Å². The Morgan fingerprint density at radius 2 is 1.38 bits per heavy atom. The third-order valence-electron chi connectivity index (χ3n) is 5.01. The molecule has 0 saturated carbocycles. The lowest BCUT2D eigenvalue weighted by molar-refractivity contribution is -0.692. The molecule has 3 rings (SSSR count). The van der Waals surface area contributed by atoms with Crippen LogP contribution in [-0.2, 0) is 14.1 Å². The summed E-state index contributed by atoms with van der Waals surface area (Å²) in [6.07, 6.45) is 6.86. The van der Waals surface area contributed by atoms with Crippen molar-refractivity contribution >= 4 is 24.3 Å². The van der Waals surface area contributed by atoms with E-state index in [9.17, 15) is 15.0 Å². The Bertz CT molecular complexity index is 1140.